The third-order valence-corrected chi connectivity index (χ3v) is 5.21. The lowest BCUT2D eigenvalue weighted by atomic mass is 10.0. The molecule has 0 fully saturated rings. The number of nitrogens with zero attached hydrogens (tertiary/aromatic N) is 4. The summed E-state index contributed by atoms with van der Waals surface area (Å²) in [5.74, 6) is 1.57. The van der Waals surface area contributed by atoms with Crippen LogP contribution >= 0.6 is 11.3 Å². The summed E-state index contributed by atoms with van der Waals surface area (Å²) in [5.41, 5.74) is 0.993. The smallest absolute Gasteiger partial charge is 0.230 e. The van der Waals surface area contributed by atoms with Gasteiger partial charge in [0.1, 0.15) is 5.75 Å². The molecular weight excluding hydrogens is 340 g/mol. The van der Waals surface area contributed by atoms with E-state index < -0.39 is 0 Å². The van der Waals surface area contributed by atoms with Crippen molar-refractivity contribution >= 4 is 16.3 Å². The van der Waals surface area contributed by atoms with Crippen LogP contribution in [0.4, 0.5) is 0 Å². The van der Waals surface area contributed by atoms with Gasteiger partial charge < -0.3 is 14.9 Å². The molecular formula is C17H22N4O3S. The molecule has 3 aromatic rings. The zero-order valence-electron chi connectivity index (χ0n) is 14.5. The Balaban J connectivity index is 2.07. The average Bonchev–Trinajstić information content (AvgIpc) is 3.16. The molecule has 0 aliphatic rings. The topological polar surface area (TPSA) is 83.1 Å². The monoisotopic (exact) mass is 362 g/mol. The van der Waals surface area contributed by atoms with Crippen LogP contribution in [-0.2, 0) is 6.42 Å². The molecule has 134 valence electrons. The van der Waals surface area contributed by atoms with E-state index in [4.69, 9.17) is 4.74 Å². The Bertz CT molecular complexity index is 844. The van der Waals surface area contributed by atoms with Crippen molar-refractivity contribution in [1.82, 2.24) is 19.5 Å². The van der Waals surface area contributed by atoms with Gasteiger partial charge in [0.2, 0.25) is 10.8 Å². The fourth-order valence-corrected chi connectivity index (χ4v) is 3.96. The van der Waals surface area contributed by atoms with Gasteiger partial charge in [0, 0.05) is 13.0 Å². The lowest BCUT2D eigenvalue weighted by Crippen LogP contribution is -2.28. The van der Waals surface area contributed by atoms with Crippen molar-refractivity contribution in [3.05, 3.63) is 40.5 Å². The second-order valence-electron chi connectivity index (χ2n) is 5.75. The van der Waals surface area contributed by atoms with Crippen LogP contribution in [0.5, 0.6) is 11.6 Å². The van der Waals surface area contributed by atoms with E-state index in [0.29, 0.717) is 17.3 Å². The standard InChI is InChI=1S/C17H22N4O3S/c1-4-13-18-17-21(19-13)16(23)15(25-17)14(20(2)9-10-22)11-5-7-12(24-3)8-6-11/h5-8,14,22-23H,4,9-10H2,1-3H3. The number of benzene rings is 1. The number of hydrogen-bond donors (Lipinski definition) is 2. The number of aliphatic hydroxyl groups excluding tert-OH is 1. The van der Waals surface area contributed by atoms with Gasteiger partial charge >= 0.3 is 0 Å². The Kier molecular flexibility index (Phi) is 5.22. The SMILES string of the molecule is CCc1nc2sc(C(c3ccc(OC)cc3)N(C)CCO)c(O)n2n1. The van der Waals surface area contributed by atoms with E-state index in [9.17, 15) is 10.2 Å². The Hall–Kier alpha value is -2.16. The summed E-state index contributed by atoms with van der Waals surface area (Å²) in [6.45, 7) is 2.49. The maximum absolute atomic E-state index is 10.7. The van der Waals surface area contributed by atoms with Crippen LogP contribution in [0.15, 0.2) is 24.3 Å². The molecule has 2 heterocycles. The molecule has 7 nitrogen and oxygen atoms in total. The number of ether oxygens (including phenoxy) is 1. The first kappa shape index (κ1) is 17.7. The number of aromatic nitrogens is 3. The molecule has 0 aliphatic heterocycles. The first-order chi connectivity index (χ1) is 12.1. The minimum Gasteiger partial charge on any atom is -0.497 e. The predicted molar refractivity (Wildman–Crippen MR) is 96.5 cm³/mol. The van der Waals surface area contributed by atoms with E-state index >= 15 is 0 Å². The van der Waals surface area contributed by atoms with Gasteiger partial charge in [-0.05, 0) is 24.7 Å². The number of likely N-dealkylation sites (N-methyl/N-ethyl adjacent to an activating group) is 1. The van der Waals surface area contributed by atoms with Crippen LogP contribution in [-0.4, -0.2) is 57.0 Å². The fraction of sp³-hybridized carbons (Fsp3) is 0.412. The Morgan fingerprint density at radius 2 is 2.04 bits per heavy atom. The van der Waals surface area contributed by atoms with Gasteiger partial charge in [0.25, 0.3) is 0 Å². The molecule has 0 saturated carbocycles. The van der Waals surface area contributed by atoms with E-state index in [1.165, 1.54) is 15.9 Å². The summed E-state index contributed by atoms with van der Waals surface area (Å²) in [6, 6.07) is 7.49. The summed E-state index contributed by atoms with van der Waals surface area (Å²) >= 11 is 1.41. The Morgan fingerprint density at radius 3 is 2.60 bits per heavy atom. The highest BCUT2D eigenvalue weighted by Gasteiger charge is 2.27. The Labute approximate surface area is 150 Å². The van der Waals surface area contributed by atoms with Crippen molar-refractivity contribution in [1.29, 1.82) is 0 Å². The van der Waals surface area contributed by atoms with Crippen LogP contribution in [0.25, 0.3) is 4.96 Å². The van der Waals surface area contributed by atoms with Crippen molar-refractivity contribution in [3.8, 4) is 11.6 Å². The molecule has 0 bridgehead atoms. The summed E-state index contributed by atoms with van der Waals surface area (Å²) < 4.78 is 6.71. The van der Waals surface area contributed by atoms with Crippen molar-refractivity contribution in [2.45, 2.75) is 19.4 Å². The molecule has 2 N–H and O–H groups in total. The highest BCUT2D eigenvalue weighted by Crippen LogP contribution is 2.39. The first-order valence-electron chi connectivity index (χ1n) is 8.11. The van der Waals surface area contributed by atoms with Gasteiger partial charge in [-0.1, -0.05) is 30.4 Å². The van der Waals surface area contributed by atoms with Crippen LogP contribution < -0.4 is 4.74 Å². The normalized spacial score (nSPS) is 12.8. The summed E-state index contributed by atoms with van der Waals surface area (Å²) in [5, 5.41) is 24.4. The predicted octanol–water partition coefficient (Wildman–Crippen LogP) is 2.08. The van der Waals surface area contributed by atoms with Crippen molar-refractivity contribution in [2.24, 2.45) is 0 Å². The molecule has 8 heteroatoms. The number of methoxy groups -OCH3 is 1. The number of thiazole rings is 1. The quantitative estimate of drug-likeness (QED) is 0.670. The molecule has 0 saturated heterocycles. The molecule has 1 atom stereocenters. The van der Waals surface area contributed by atoms with Crippen LogP contribution in [0, 0.1) is 0 Å². The first-order valence-corrected chi connectivity index (χ1v) is 8.93. The number of aliphatic hydroxyl groups is 1. The number of aryl methyl sites for hydroxylation is 1. The highest BCUT2D eigenvalue weighted by molar-refractivity contribution is 7.17. The highest BCUT2D eigenvalue weighted by atomic mass is 32.1. The minimum absolute atomic E-state index is 0.0324. The molecule has 2 aromatic heterocycles. The van der Waals surface area contributed by atoms with Crippen LogP contribution in [0.1, 0.15) is 29.2 Å². The van der Waals surface area contributed by atoms with Crippen molar-refractivity contribution < 1.29 is 14.9 Å². The second kappa shape index (κ2) is 7.38. The number of aromatic hydroxyl groups is 1. The van der Waals surface area contributed by atoms with Crippen molar-refractivity contribution in [3.63, 3.8) is 0 Å². The molecule has 0 amide bonds. The van der Waals surface area contributed by atoms with E-state index in [0.717, 1.165) is 22.6 Å². The largest absolute Gasteiger partial charge is 0.497 e. The van der Waals surface area contributed by atoms with Gasteiger partial charge in [-0.25, -0.2) is 4.98 Å². The van der Waals surface area contributed by atoms with Gasteiger partial charge in [0.05, 0.1) is 24.6 Å². The molecule has 1 unspecified atom stereocenters. The second-order valence-corrected chi connectivity index (χ2v) is 6.75. The lowest BCUT2D eigenvalue weighted by Gasteiger charge is -2.27. The summed E-state index contributed by atoms with van der Waals surface area (Å²) in [7, 11) is 3.54. The van der Waals surface area contributed by atoms with Crippen LogP contribution in [0.3, 0.4) is 0 Å². The van der Waals surface area contributed by atoms with Gasteiger partial charge in [-0.3, -0.25) is 4.90 Å². The maximum Gasteiger partial charge on any atom is 0.230 e. The maximum atomic E-state index is 10.7. The zero-order valence-corrected chi connectivity index (χ0v) is 15.3. The third-order valence-electron chi connectivity index (χ3n) is 4.13. The summed E-state index contributed by atoms with van der Waals surface area (Å²) in [6.07, 6.45) is 0.718. The minimum atomic E-state index is -0.211. The molecule has 25 heavy (non-hydrogen) atoms. The fourth-order valence-electron chi connectivity index (χ4n) is 2.80. The third kappa shape index (κ3) is 3.33. The van der Waals surface area contributed by atoms with Gasteiger partial charge in [0.15, 0.2) is 5.82 Å². The molecule has 1 aromatic carbocycles. The molecule has 0 aliphatic carbocycles. The van der Waals surface area contributed by atoms with Gasteiger partial charge in [-0.2, -0.15) is 4.52 Å². The number of fused-ring (bicyclic) bond motifs is 1. The van der Waals surface area contributed by atoms with E-state index in [-0.39, 0.29) is 18.5 Å². The molecule has 0 radical (unpaired) electrons. The van der Waals surface area contributed by atoms with E-state index in [1.54, 1.807) is 7.11 Å². The van der Waals surface area contributed by atoms with Gasteiger partial charge in [-0.15, -0.1) is 5.10 Å². The average molecular weight is 362 g/mol. The van der Waals surface area contributed by atoms with Crippen LogP contribution in [0.2, 0.25) is 0 Å². The van der Waals surface area contributed by atoms with E-state index in [2.05, 4.69) is 10.1 Å². The number of hydrogen-bond acceptors (Lipinski definition) is 7. The van der Waals surface area contributed by atoms with E-state index in [1.807, 2.05) is 43.1 Å². The molecule has 3 rings (SSSR count). The lowest BCUT2D eigenvalue weighted by molar-refractivity contribution is 0.196. The zero-order chi connectivity index (χ0) is 18.0. The van der Waals surface area contributed by atoms with Crippen molar-refractivity contribution in [2.75, 3.05) is 27.3 Å². The summed E-state index contributed by atoms with van der Waals surface area (Å²) in [4.78, 5) is 7.85. The Morgan fingerprint density at radius 1 is 1.32 bits per heavy atom. The molecule has 0 spiro atoms. The number of rotatable bonds is 7.